The maximum absolute atomic E-state index is 9.44. The second-order valence-electron chi connectivity index (χ2n) is 11.0. The summed E-state index contributed by atoms with van der Waals surface area (Å²) in [6.07, 6.45) is 39.3. The van der Waals surface area contributed by atoms with E-state index in [0.29, 0.717) is 6.61 Å². The largest absolute Gasteiger partial charge is 0.396 e. The van der Waals surface area contributed by atoms with Crippen LogP contribution in [0.2, 0.25) is 0 Å². The summed E-state index contributed by atoms with van der Waals surface area (Å²) in [7, 11) is 0. The molecular formula is C33H62O3. The molecule has 1 fully saturated rings. The molecule has 1 atom stereocenters. The molecule has 1 aliphatic heterocycles. The first-order valence-corrected chi connectivity index (χ1v) is 16.0. The zero-order valence-electron chi connectivity index (χ0n) is 24.1. The molecule has 0 bridgehead atoms. The van der Waals surface area contributed by atoms with Crippen molar-refractivity contribution in [3.8, 4) is 0 Å². The summed E-state index contributed by atoms with van der Waals surface area (Å²) in [6, 6.07) is 0. The van der Waals surface area contributed by atoms with Crippen LogP contribution in [-0.2, 0) is 9.47 Å². The fourth-order valence-electron chi connectivity index (χ4n) is 5.24. The Kier molecular flexibility index (Phi) is 25.4. The normalized spacial score (nSPS) is 15.6. The topological polar surface area (TPSA) is 38.7 Å². The minimum Gasteiger partial charge on any atom is -0.396 e. The molecule has 1 unspecified atom stereocenters. The monoisotopic (exact) mass is 506 g/mol. The summed E-state index contributed by atoms with van der Waals surface area (Å²) in [6.45, 7) is 4.17. The summed E-state index contributed by atoms with van der Waals surface area (Å²) in [5.74, 6) is 0.740. The highest BCUT2D eigenvalue weighted by atomic mass is 16.7. The summed E-state index contributed by atoms with van der Waals surface area (Å²) >= 11 is 0. The summed E-state index contributed by atoms with van der Waals surface area (Å²) < 4.78 is 11.0. The quantitative estimate of drug-likeness (QED) is 0.0889. The van der Waals surface area contributed by atoms with Crippen LogP contribution in [0.3, 0.4) is 0 Å². The molecular weight excluding hydrogens is 444 g/mol. The average molecular weight is 507 g/mol. The molecule has 3 heteroatoms. The third-order valence-electron chi connectivity index (χ3n) is 7.59. The molecule has 0 amide bonds. The first-order valence-electron chi connectivity index (χ1n) is 16.0. The van der Waals surface area contributed by atoms with Crippen LogP contribution in [0.5, 0.6) is 0 Å². The maximum Gasteiger partial charge on any atom is 0.157 e. The van der Waals surface area contributed by atoms with Gasteiger partial charge in [-0.2, -0.15) is 0 Å². The maximum atomic E-state index is 9.44. The number of aliphatic hydroxyl groups excluding tert-OH is 1. The number of allylic oxidation sites excluding steroid dienone is 4. The zero-order chi connectivity index (χ0) is 25.8. The third kappa shape index (κ3) is 22.5. The van der Waals surface area contributed by atoms with Gasteiger partial charge >= 0.3 is 0 Å². The predicted molar refractivity (Wildman–Crippen MR) is 156 cm³/mol. The van der Waals surface area contributed by atoms with Crippen LogP contribution in [0.1, 0.15) is 155 Å². The Morgan fingerprint density at radius 1 is 0.611 bits per heavy atom. The van der Waals surface area contributed by atoms with Crippen LogP contribution >= 0.6 is 0 Å². The summed E-state index contributed by atoms with van der Waals surface area (Å²) in [5, 5.41) is 9.44. The molecule has 3 nitrogen and oxygen atoms in total. The van der Waals surface area contributed by atoms with Crippen molar-refractivity contribution in [1.82, 2.24) is 0 Å². The highest BCUT2D eigenvalue weighted by molar-refractivity contribution is 4.92. The lowest BCUT2D eigenvalue weighted by Gasteiger charge is -2.15. The number of hydrogen-bond donors (Lipinski definition) is 1. The van der Waals surface area contributed by atoms with Gasteiger partial charge in [0, 0.05) is 6.61 Å². The molecule has 0 spiro atoms. The van der Waals surface area contributed by atoms with Crippen LogP contribution in [0, 0.1) is 5.92 Å². The van der Waals surface area contributed by atoms with Gasteiger partial charge in [0.25, 0.3) is 0 Å². The van der Waals surface area contributed by atoms with Gasteiger partial charge in [0.15, 0.2) is 6.29 Å². The number of unbranched alkanes of at least 4 members (excludes halogenated alkanes) is 15. The predicted octanol–water partition coefficient (Wildman–Crippen LogP) is 10.1. The fraction of sp³-hybridized carbons (Fsp3) is 0.879. The molecule has 0 aromatic carbocycles. The van der Waals surface area contributed by atoms with Crippen molar-refractivity contribution in [2.75, 3.05) is 19.8 Å². The van der Waals surface area contributed by atoms with E-state index in [2.05, 4.69) is 31.2 Å². The lowest BCUT2D eigenvalue weighted by Crippen LogP contribution is -2.06. The Morgan fingerprint density at radius 2 is 1.11 bits per heavy atom. The number of hydrogen-bond acceptors (Lipinski definition) is 3. The summed E-state index contributed by atoms with van der Waals surface area (Å²) in [5.41, 5.74) is 0. The SMILES string of the molecule is CCCCC/C=C\C/C=C\CCCCCCCCCC(CCO)CCCCCCCCC1OCCO1. The van der Waals surface area contributed by atoms with E-state index in [1.165, 1.54) is 128 Å². The Hall–Kier alpha value is -0.640. The van der Waals surface area contributed by atoms with Crippen LogP contribution in [0.4, 0.5) is 0 Å². The van der Waals surface area contributed by atoms with Crippen LogP contribution in [0.15, 0.2) is 24.3 Å². The van der Waals surface area contributed by atoms with Crippen LogP contribution in [-0.4, -0.2) is 31.2 Å². The second-order valence-corrected chi connectivity index (χ2v) is 11.0. The molecule has 212 valence electrons. The van der Waals surface area contributed by atoms with E-state index in [4.69, 9.17) is 9.47 Å². The molecule has 0 aliphatic carbocycles. The minimum absolute atomic E-state index is 0.0779. The average Bonchev–Trinajstić information content (AvgIpc) is 3.41. The van der Waals surface area contributed by atoms with Crippen molar-refractivity contribution >= 4 is 0 Å². The van der Waals surface area contributed by atoms with Gasteiger partial charge in [-0.25, -0.2) is 0 Å². The van der Waals surface area contributed by atoms with Crippen molar-refractivity contribution in [2.24, 2.45) is 5.92 Å². The van der Waals surface area contributed by atoms with E-state index in [9.17, 15) is 5.11 Å². The first-order chi connectivity index (χ1) is 17.9. The van der Waals surface area contributed by atoms with E-state index in [0.717, 1.165) is 38.4 Å². The van der Waals surface area contributed by atoms with Gasteiger partial charge in [0.2, 0.25) is 0 Å². The van der Waals surface area contributed by atoms with Crippen molar-refractivity contribution < 1.29 is 14.6 Å². The third-order valence-corrected chi connectivity index (χ3v) is 7.59. The minimum atomic E-state index is 0.0779. The van der Waals surface area contributed by atoms with E-state index >= 15 is 0 Å². The van der Waals surface area contributed by atoms with Crippen molar-refractivity contribution in [2.45, 2.75) is 161 Å². The number of ether oxygens (including phenoxy) is 2. The van der Waals surface area contributed by atoms with Crippen molar-refractivity contribution in [3.63, 3.8) is 0 Å². The Balaban J connectivity index is 1.84. The van der Waals surface area contributed by atoms with E-state index in [1.54, 1.807) is 0 Å². The molecule has 0 aromatic heterocycles. The molecule has 0 radical (unpaired) electrons. The molecule has 1 aliphatic rings. The lowest BCUT2D eigenvalue weighted by atomic mass is 9.91. The molecule has 1 N–H and O–H groups in total. The van der Waals surface area contributed by atoms with Gasteiger partial charge < -0.3 is 14.6 Å². The number of aliphatic hydroxyl groups is 1. The standard InChI is InChI=1S/C33H62O3/c1-2-3-4-5-6-7-8-9-10-11-12-13-14-15-16-19-22-25-32(28-29-34)26-23-20-17-18-21-24-27-33-35-30-31-36-33/h6-7,9-10,32-34H,2-5,8,11-31H2,1H3/b7-6-,10-9-. The smallest absolute Gasteiger partial charge is 0.157 e. The summed E-state index contributed by atoms with van der Waals surface area (Å²) in [4.78, 5) is 0. The highest BCUT2D eigenvalue weighted by Gasteiger charge is 2.14. The van der Waals surface area contributed by atoms with Gasteiger partial charge in [-0.1, -0.05) is 128 Å². The molecule has 0 aromatic rings. The Bertz CT molecular complexity index is 481. The first kappa shape index (κ1) is 33.4. The molecule has 0 saturated carbocycles. The van der Waals surface area contributed by atoms with E-state index in [-0.39, 0.29) is 6.29 Å². The van der Waals surface area contributed by atoms with E-state index in [1.807, 2.05) is 0 Å². The Labute approximate surface area is 225 Å². The Morgan fingerprint density at radius 3 is 1.67 bits per heavy atom. The zero-order valence-corrected chi connectivity index (χ0v) is 24.1. The van der Waals surface area contributed by atoms with Gasteiger partial charge in [0.1, 0.15) is 0 Å². The van der Waals surface area contributed by atoms with Gasteiger partial charge in [0.05, 0.1) is 13.2 Å². The number of rotatable bonds is 27. The van der Waals surface area contributed by atoms with Crippen molar-refractivity contribution in [1.29, 1.82) is 0 Å². The second kappa shape index (κ2) is 27.4. The van der Waals surface area contributed by atoms with Crippen LogP contribution in [0.25, 0.3) is 0 Å². The molecule has 36 heavy (non-hydrogen) atoms. The lowest BCUT2D eigenvalue weighted by molar-refractivity contribution is -0.0480. The molecule has 1 saturated heterocycles. The van der Waals surface area contributed by atoms with Crippen molar-refractivity contribution in [3.05, 3.63) is 24.3 Å². The van der Waals surface area contributed by atoms with Gasteiger partial charge in [-0.15, -0.1) is 0 Å². The molecule has 1 heterocycles. The van der Waals surface area contributed by atoms with E-state index < -0.39 is 0 Å². The van der Waals surface area contributed by atoms with Gasteiger partial charge in [-0.05, 0) is 57.3 Å². The van der Waals surface area contributed by atoms with Gasteiger partial charge in [-0.3, -0.25) is 0 Å². The fourth-order valence-corrected chi connectivity index (χ4v) is 5.24. The highest BCUT2D eigenvalue weighted by Crippen LogP contribution is 2.22. The molecule has 1 rings (SSSR count). The van der Waals surface area contributed by atoms with Crippen LogP contribution < -0.4 is 0 Å².